The highest BCUT2D eigenvalue weighted by Gasteiger charge is 2.16. The van der Waals surface area contributed by atoms with Crippen molar-refractivity contribution in [3.8, 4) is 23.3 Å². The molecule has 0 saturated carbocycles. The number of amides is 1. The number of rotatable bonds is 10. The van der Waals surface area contributed by atoms with Gasteiger partial charge in [-0.2, -0.15) is 5.26 Å². The average Bonchev–Trinajstić information content (AvgIpc) is 2.77. The van der Waals surface area contributed by atoms with E-state index >= 15 is 0 Å². The summed E-state index contributed by atoms with van der Waals surface area (Å²) in [6.45, 7) is 3.89. The standard InChI is InChI=1S/C23H23IN2O6/c1-4-30-20-12-15(11-19(24)22(20)32-14-21(27)31-5-2)10-16(13-25)23(28)26-17-6-8-18(29-3)9-7-17/h6-12H,4-5,14H2,1-3H3,(H,26,28)/b16-10+. The minimum absolute atomic E-state index is 0.0840. The lowest BCUT2D eigenvalue weighted by Crippen LogP contribution is -2.15. The summed E-state index contributed by atoms with van der Waals surface area (Å²) in [6, 6.07) is 12.1. The van der Waals surface area contributed by atoms with Crippen LogP contribution < -0.4 is 19.5 Å². The molecule has 9 heteroatoms. The van der Waals surface area contributed by atoms with Crippen LogP contribution in [-0.4, -0.2) is 38.8 Å². The minimum Gasteiger partial charge on any atom is -0.497 e. The number of carbonyl (C=O) groups excluding carboxylic acids is 2. The molecule has 0 aliphatic carbocycles. The zero-order chi connectivity index (χ0) is 23.5. The van der Waals surface area contributed by atoms with Crippen molar-refractivity contribution in [3.05, 3.63) is 51.1 Å². The number of hydrogen-bond acceptors (Lipinski definition) is 7. The van der Waals surface area contributed by atoms with Gasteiger partial charge in [-0.05, 0) is 84.5 Å². The van der Waals surface area contributed by atoms with Crippen molar-refractivity contribution >= 4 is 46.2 Å². The van der Waals surface area contributed by atoms with E-state index in [1.807, 2.05) is 35.6 Å². The van der Waals surface area contributed by atoms with Gasteiger partial charge in [-0.1, -0.05) is 0 Å². The van der Waals surface area contributed by atoms with Gasteiger partial charge < -0.3 is 24.3 Å². The number of esters is 1. The van der Waals surface area contributed by atoms with Gasteiger partial charge in [-0.25, -0.2) is 4.79 Å². The summed E-state index contributed by atoms with van der Waals surface area (Å²) in [5, 5.41) is 12.2. The van der Waals surface area contributed by atoms with Crippen LogP contribution in [0.1, 0.15) is 19.4 Å². The molecule has 2 aromatic rings. The quantitative estimate of drug-likeness (QED) is 0.205. The van der Waals surface area contributed by atoms with Crippen LogP contribution in [0.25, 0.3) is 6.08 Å². The summed E-state index contributed by atoms with van der Waals surface area (Å²) in [5.41, 5.74) is 1.02. The fraction of sp³-hybridized carbons (Fsp3) is 0.261. The molecule has 0 unspecified atom stereocenters. The van der Waals surface area contributed by atoms with Gasteiger partial charge in [0.2, 0.25) is 0 Å². The molecule has 0 aliphatic rings. The second-order valence-electron chi connectivity index (χ2n) is 6.21. The Morgan fingerprint density at radius 2 is 1.84 bits per heavy atom. The Morgan fingerprint density at radius 1 is 1.12 bits per heavy atom. The van der Waals surface area contributed by atoms with Crippen LogP contribution in [0, 0.1) is 14.9 Å². The molecule has 1 amide bonds. The van der Waals surface area contributed by atoms with E-state index < -0.39 is 11.9 Å². The zero-order valence-corrected chi connectivity index (χ0v) is 20.1. The first-order valence-electron chi connectivity index (χ1n) is 9.73. The van der Waals surface area contributed by atoms with Gasteiger partial charge >= 0.3 is 5.97 Å². The first-order chi connectivity index (χ1) is 15.4. The van der Waals surface area contributed by atoms with Crippen molar-refractivity contribution < 1.29 is 28.5 Å². The number of nitrogens with zero attached hydrogens (tertiary/aromatic N) is 1. The molecule has 0 spiro atoms. The summed E-state index contributed by atoms with van der Waals surface area (Å²) in [6.07, 6.45) is 1.46. The molecule has 0 aromatic heterocycles. The third-order valence-electron chi connectivity index (χ3n) is 4.00. The van der Waals surface area contributed by atoms with Crippen LogP contribution in [-0.2, 0) is 14.3 Å². The topological polar surface area (TPSA) is 107 Å². The Hall–Kier alpha value is -3.26. The zero-order valence-electron chi connectivity index (χ0n) is 17.9. The summed E-state index contributed by atoms with van der Waals surface area (Å²) in [7, 11) is 1.55. The van der Waals surface area contributed by atoms with Crippen molar-refractivity contribution in [2.24, 2.45) is 0 Å². The van der Waals surface area contributed by atoms with Gasteiger partial charge in [-0.15, -0.1) is 0 Å². The van der Waals surface area contributed by atoms with E-state index in [1.165, 1.54) is 6.08 Å². The third-order valence-corrected chi connectivity index (χ3v) is 4.80. The number of carbonyl (C=O) groups is 2. The molecule has 2 rings (SSSR count). The number of benzene rings is 2. The lowest BCUT2D eigenvalue weighted by molar-refractivity contribution is -0.145. The molecule has 32 heavy (non-hydrogen) atoms. The number of ether oxygens (including phenoxy) is 4. The minimum atomic E-state index is -0.548. The van der Waals surface area contributed by atoms with Gasteiger partial charge in [0.15, 0.2) is 18.1 Å². The molecule has 2 aromatic carbocycles. The molecule has 0 bridgehead atoms. The van der Waals surface area contributed by atoms with Crippen molar-refractivity contribution in [2.45, 2.75) is 13.8 Å². The Morgan fingerprint density at radius 3 is 2.44 bits per heavy atom. The summed E-state index contributed by atoms with van der Waals surface area (Å²) in [5.74, 6) is 0.397. The fourth-order valence-corrected chi connectivity index (χ4v) is 3.38. The molecule has 1 N–H and O–H groups in total. The highest BCUT2D eigenvalue weighted by atomic mass is 127. The van der Waals surface area contributed by atoms with Crippen LogP contribution in [0.3, 0.4) is 0 Å². The molecule has 168 valence electrons. The smallest absolute Gasteiger partial charge is 0.344 e. The van der Waals surface area contributed by atoms with Gasteiger partial charge in [0.1, 0.15) is 17.4 Å². The summed E-state index contributed by atoms with van der Waals surface area (Å²) >= 11 is 2.04. The summed E-state index contributed by atoms with van der Waals surface area (Å²) in [4.78, 5) is 24.2. The van der Waals surface area contributed by atoms with Crippen LogP contribution in [0.15, 0.2) is 42.0 Å². The predicted molar refractivity (Wildman–Crippen MR) is 128 cm³/mol. The van der Waals surface area contributed by atoms with E-state index in [1.54, 1.807) is 50.4 Å². The number of halogens is 1. The van der Waals surface area contributed by atoms with Gasteiger partial charge in [0.05, 0.1) is 23.9 Å². The lowest BCUT2D eigenvalue weighted by Gasteiger charge is -2.14. The second-order valence-corrected chi connectivity index (χ2v) is 7.37. The maximum absolute atomic E-state index is 12.6. The number of nitriles is 1. The van der Waals surface area contributed by atoms with Crippen LogP contribution >= 0.6 is 22.6 Å². The van der Waals surface area contributed by atoms with Crippen LogP contribution in [0.2, 0.25) is 0 Å². The molecule has 0 aliphatic heterocycles. The third kappa shape index (κ3) is 7.16. The van der Waals surface area contributed by atoms with E-state index in [0.29, 0.717) is 38.7 Å². The molecule has 0 fully saturated rings. The molecule has 0 heterocycles. The highest BCUT2D eigenvalue weighted by molar-refractivity contribution is 14.1. The van der Waals surface area contributed by atoms with Crippen LogP contribution in [0.5, 0.6) is 17.2 Å². The number of anilines is 1. The van der Waals surface area contributed by atoms with Crippen molar-refractivity contribution in [1.82, 2.24) is 0 Å². The molecule has 8 nitrogen and oxygen atoms in total. The first kappa shape index (κ1) is 25.0. The van der Waals surface area contributed by atoms with Crippen LogP contribution in [0.4, 0.5) is 5.69 Å². The maximum Gasteiger partial charge on any atom is 0.344 e. The van der Waals surface area contributed by atoms with E-state index in [2.05, 4.69) is 5.32 Å². The Kier molecular flexibility index (Phi) is 9.81. The lowest BCUT2D eigenvalue weighted by atomic mass is 10.1. The Balaban J connectivity index is 2.26. The fourth-order valence-electron chi connectivity index (χ4n) is 2.60. The van der Waals surface area contributed by atoms with E-state index in [9.17, 15) is 14.9 Å². The van der Waals surface area contributed by atoms with E-state index in [0.717, 1.165) is 0 Å². The molecule has 0 atom stereocenters. The first-order valence-corrected chi connectivity index (χ1v) is 10.8. The van der Waals surface area contributed by atoms with Gasteiger partial charge in [0, 0.05) is 5.69 Å². The monoisotopic (exact) mass is 550 g/mol. The number of methoxy groups -OCH3 is 1. The largest absolute Gasteiger partial charge is 0.497 e. The second kappa shape index (κ2) is 12.6. The average molecular weight is 550 g/mol. The normalized spacial score (nSPS) is 10.7. The Bertz CT molecular complexity index is 1030. The van der Waals surface area contributed by atoms with Crippen molar-refractivity contribution in [3.63, 3.8) is 0 Å². The maximum atomic E-state index is 12.6. The Labute approximate surface area is 200 Å². The molecule has 0 saturated heterocycles. The van der Waals surface area contributed by atoms with Gasteiger partial charge in [-0.3, -0.25) is 4.79 Å². The van der Waals surface area contributed by atoms with E-state index in [-0.39, 0.29) is 18.8 Å². The SMILES string of the molecule is CCOC(=O)COc1c(I)cc(/C=C(\C#N)C(=O)Nc2ccc(OC)cc2)cc1OCC. The van der Waals surface area contributed by atoms with E-state index in [4.69, 9.17) is 18.9 Å². The highest BCUT2D eigenvalue weighted by Crippen LogP contribution is 2.35. The summed E-state index contributed by atoms with van der Waals surface area (Å²) < 4.78 is 21.8. The molecular weight excluding hydrogens is 527 g/mol. The molecule has 0 radical (unpaired) electrons. The van der Waals surface area contributed by atoms with Crippen molar-refractivity contribution in [1.29, 1.82) is 5.26 Å². The van der Waals surface area contributed by atoms with Gasteiger partial charge in [0.25, 0.3) is 5.91 Å². The predicted octanol–water partition coefficient (Wildman–Crippen LogP) is 4.19. The number of hydrogen-bond donors (Lipinski definition) is 1. The van der Waals surface area contributed by atoms with Crippen molar-refractivity contribution in [2.75, 3.05) is 32.2 Å². The molecular formula is C23H23IN2O6. The number of nitrogens with one attached hydrogen (secondary N) is 1.